The Bertz CT molecular complexity index is 323. The van der Waals surface area contributed by atoms with E-state index in [9.17, 15) is 13.2 Å². The molecule has 0 unspecified atom stereocenters. The molecule has 1 rings (SSSR count). The first kappa shape index (κ1) is 11.0. The van der Waals surface area contributed by atoms with Crippen LogP contribution in [-0.2, 0) is 17.3 Å². The van der Waals surface area contributed by atoms with Gasteiger partial charge in [0.15, 0.2) is 0 Å². The molecule has 78 valence electrons. The summed E-state index contributed by atoms with van der Waals surface area (Å²) in [4.78, 5) is 0. The zero-order valence-corrected chi connectivity index (χ0v) is 7.98. The van der Waals surface area contributed by atoms with Crippen LogP contribution in [0.5, 0.6) is 0 Å². The van der Waals surface area contributed by atoms with Gasteiger partial charge in [0.25, 0.3) is 0 Å². The van der Waals surface area contributed by atoms with Crippen molar-refractivity contribution in [2.24, 2.45) is 0 Å². The summed E-state index contributed by atoms with van der Waals surface area (Å²) < 4.78 is 42.9. The molecule has 0 aliphatic rings. The summed E-state index contributed by atoms with van der Waals surface area (Å²) in [6.07, 6.45) is -2.95. The minimum Gasteiger partial charge on any atom is -0.320 e. The Kier molecular flexibility index (Phi) is 3.16. The first-order chi connectivity index (χ1) is 6.51. The first-order valence-electron chi connectivity index (χ1n) is 4.23. The molecule has 0 bridgehead atoms. The van der Waals surface area contributed by atoms with E-state index in [2.05, 4.69) is 4.74 Å². The molecule has 4 heteroatoms. The lowest BCUT2D eigenvalue weighted by molar-refractivity contribution is -0.233. The number of benzene rings is 1. The number of hydrogen-bond acceptors (Lipinski definition) is 1. The Balaban J connectivity index is 3.12. The molecule has 14 heavy (non-hydrogen) atoms. The molecular formula is C10H11F3O. The molecule has 0 fully saturated rings. The van der Waals surface area contributed by atoms with Gasteiger partial charge in [-0.3, -0.25) is 0 Å². The fourth-order valence-corrected chi connectivity index (χ4v) is 1.12. The van der Waals surface area contributed by atoms with Crippen molar-refractivity contribution in [2.45, 2.75) is 19.5 Å². The Morgan fingerprint density at radius 1 is 1.36 bits per heavy atom. The van der Waals surface area contributed by atoms with Gasteiger partial charge in [0.1, 0.15) is 5.82 Å². The van der Waals surface area contributed by atoms with E-state index in [0.717, 1.165) is 19.2 Å². The van der Waals surface area contributed by atoms with Crippen LogP contribution >= 0.6 is 0 Å². The second-order valence-electron chi connectivity index (χ2n) is 2.89. The third-order valence-corrected chi connectivity index (χ3v) is 2.01. The van der Waals surface area contributed by atoms with Crippen LogP contribution in [0.1, 0.15) is 18.1 Å². The Labute approximate surface area is 80.5 Å². The van der Waals surface area contributed by atoms with Gasteiger partial charge in [-0.25, -0.2) is 4.39 Å². The Morgan fingerprint density at radius 2 is 2.00 bits per heavy atom. The predicted octanol–water partition coefficient (Wildman–Crippen LogP) is 3.08. The van der Waals surface area contributed by atoms with E-state index < -0.39 is 17.5 Å². The summed E-state index contributed by atoms with van der Waals surface area (Å²) in [7, 11) is 0.840. The molecule has 0 saturated heterocycles. The fraction of sp³-hybridized carbons (Fsp3) is 0.400. The van der Waals surface area contributed by atoms with E-state index in [0.29, 0.717) is 12.0 Å². The summed E-state index contributed by atoms with van der Waals surface area (Å²) >= 11 is 0. The number of alkyl halides is 2. The van der Waals surface area contributed by atoms with Crippen LogP contribution in [0.2, 0.25) is 0 Å². The molecule has 0 atom stereocenters. The molecular weight excluding hydrogens is 193 g/mol. The quantitative estimate of drug-likeness (QED) is 0.735. The molecule has 0 aliphatic heterocycles. The maximum Gasteiger partial charge on any atom is 0.385 e. The van der Waals surface area contributed by atoms with Crippen LogP contribution in [0.4, 0.5) is 13.2 Å². The summed E-state index contributed by atoms with van der Waals surface area (Å²) in [5, 5.41) is 0. The monoisotopic (exact) mass is 204 g/mol. The van der Waals surface area contributed by atoms with E-state index in [1.54, 1.807) is 0 Å². The first-order valence-corrected chi connectivity index (χ1v) is 4.23. The van der Waals surface area contributed by atoms with Crippen molar-refractivity contribution in [1.29, 1.82) is 0 Å². The maximum atomic E-state index is 13.2. The molecule has 0 N–H and O–H groups in total. The van der Waals surface area contributed by atoms with E-state index in [-0.39, 0.29) is 0 Å². The van der Waals surface area contributed by atoms with Gasteiger partial charge in [-0.1, -0.05) is 13.0 Å². The van der Waals surface area contributed by atoms with Gasteiger partial charge in [0.05, 0.1) is 5.56 Å². The highest BCUT2D eigenvalue weighted by Crippen LogP contribution is 2.30. The van der Waals surface area contributed by atoms with Crippen LogP contribution in [0.3, 0.4) is 0 Å². The molecule has 0 spiro atoms. The standard InChI is InChI=1S/C10H11F3O/c1-3-7-4-5-8(9(11)6-7)10(12,13)14-2/h4-6H,3H2,1-2H3. The van der Waals surface area contributed by atoms with Gasteiger partial charge >= 0.3 is 6.11 Å². The molecule has 0 heterocycles. The van der Waals surface area contributed by atoms with E-state index in [4.69, 9.17) is 0 Å². The zero-order valence-electron chi connectivity index (χ0n) is 7.98. The Morgan fingerprint density at radius 3 is 2.43 bits per heavy atom. The van der Waals surface area contributed by atoms with Gasteiger partial charge in [-0.15, -0.1) is 0 Å². The van der Waals surface area contributed by atoms with Crippen LogP contribution in [0.15, 0.2) is 18.2 Å². The largest absolute Gasteiger partial charge is 0.385 e. The highest BCUT2D eigenvalue weighted by molar-refractivity contribution is 5.26. The van der Waals surface area contributed by atoms with Crippen LogP contribution < -0.4 is 0 Å². The number of aryl methyl sites for hydroxylation is 1. The average molecular weight is 204 g/mol. The van der Waals surface area contributed by atoms with Crippen molar-refractivity contribution >= 4 is 0 Å². The maximum absolute atomic E-state index is 13.2. The lowest BCUT2D eigenvalue weighted by Gasteiger charge is -2.15. The average Bonchev–Trinajstić information content (AvgIpc) is 2.17. The van der Waals surface area contributed by atoms with Crippen LogP contribution in [0, 0.1) is 5.82 Å². The van der Waals surface area contributed by atoms with Crippen molar-refractivity contribution in [3.05, 3.63) is 35.1 Å². The number of methoxy groups -OCH3 is 1. The van der Waals surface area contributed by atoms with Crippen molar-refractivity contribution in [3.8, 4) is 0 Å². The number of halogens is 3. The van der Waals surface area contributed by atoms with Crippen molar-refractivity contribution in [2.75, 3.05) is 7.11 Å². The summed E-state index contributed by atoms with van der Waals surface area (Å²) in [6.45, 7) is 1.82. The molecule has 0 aliphatic carbocycles. The van der Waals surface area contributed by atoms with Crippen molar-refractivity contribution in [1.82, 2.24) is 0 Å². The van der Waals surface area contributed by atoms with Gasteiger partial charge < -0.3 is 4.74 Å². The summed E-state index contributed by atoms with van der Waals surface area (Å²) in [5.41, 5.74) is -0.0460. The molecule has 1 nitrogen and oxygen atoms in total. The number of ether oxygens (including phenoxy) is 1. The van der Waals surface area contributed by atoms with E-state index in [1.807, 2.05) is 6.92 Å². The van der Waals surface area contributed by atoms with Gasteiger partial charge in [0.2, 0.25) is 0 Å². The third-order valence-electron chi connectivity index (χ3n) is 2.01. The molecule has 0 radical (unpaired) electrons. The van der Waals surface area contributed by atoms with Crippen LogP contribution in [0.25, 0.3) is 0 Å². The molecule has 0 aromatic heterocycles. The lowest BCUT2D eigenvalue weighted by atomic mass is 10.1. The number of hydrogen-bond donors (Lipinski definition) is 0. The van der Waals surface area contributed by atoms with Gasteiger partial charge in [-0.05, 0) is 24.1 Å². The zero-order chi connectivity index (χ0) is 10.8. The highest BCUT2D eigenvalue weighted by Gasteiger charge is 2.34. The van der Waals surface area contributed by atoms with E-state index in [1.165, 1.54) is 6.07 Å². The van der Waals surface area contributed by atoms with E-state index >= 15 is 0 Å². The smallest absolute Gasteiger partial charge is 0.320 e. The van der Waals surface area contributed by atoms with Gasteiger partial charge in [-0.2, -0.15) is 8.78 Å². The minimum atomic E-state index is -3.56. The second-order valence-corrected chi connectivity index (χ2v) is 2.89. The molecule has 1 aromatic carbocycles. The second kappa shape index (κ2) is 4.00. The molecule has 1 aromatic rings. The Hall–Kier alpha value is -1.03. The SMILES string of the molecule is CCc1ccc(C(F)(F)OC)c(F)c1. The highest BCUT2D eigenvalue weighted by atomic mass is 19.3. The molecule has 0 saturated carbocycles. The number of rotatable bonds is 3. The topological polar surface area (TPSA) is 9.23 Å². The molecule has 0 amide bonds. The lowest BCUT2D eigenvalue weighted by Crippen LogP contribution is -2.17. The van der Waals surface area contributed by atoms with Crippen molar-refractivity contribution in [3.63, 3.8) is 0 Å². The van der Waals surface area contributed by atoms with Crippen LogP contribution in [-0.4, -0.2) is 7.11 Å². The summed E-state index contributed by atoms with van der Waals surface area (Å²) in [6, 6.07) is 3.62. The minimum absolute atomic E-state index is 0.607. The predicted molar refractivity (Wildman–Crippen MR) is 46.7 cm³/mol. The summed E-state index contributed by atoms with van der Waals surface area (Å²) in [5.74, 6) is -0.934. The van der Waals surface area contributed by atoms with Gasteiger partial charge in [0, 0.05) is 7.11 Å². The normalized spacial score (nSPS) is 11.8. The fourth-order valence-electron chi connectivity index (χ4n) is 1.12. The third kappa shape index (κ3) is 2.07. The van der Waals surface area contributed by atoms with Crippen molar-refractivity contribution < 1.29 is 17.9 Å².